The largest absolute Gasteiger partial charge is 0.508 e. The van der Waals surface area contributed by atoms with Gasteiger partial charge in [0.2, 0.25) is 0 Å². The van der Waals surface area contributed by atoms with E-state index in [1.165, 1.54) is 0 Å². The molecule has 1 saturated heterocycles. The van der Waals surface area contributed by atoms with Crippen molar-refractivity contribution < 1.29 is 9.84 Å². The van der Waals surface area contributed by atoms with Gasteiger partial charge >= 0.3 is 0 Å². The predicted octanol–water partition coefficient (Wildman–Crippen LogP) is 5.17. The molecule has 0 atom stereocenters. The molecule has 28 heavy (non-hydrogen) atoms. The monoisotopic (exact) mass is 378 g/mol. The van der Waals surface area contributed by atoms with E-state index in [0.717, 1.165) is 67.1 Å². The molecule has 3 rings (SSSR count). The van der Waals surface area contributed by atoms with Crippen molar-refractivity contribution in [2.75, 3.05) is 13.1 Å². The molecular weight excluding hydrogens is 348 g/mol. The summed E-state index contributed by atoms with van der Waals surface area (Å²) in [6.45, 7) is 6.21. The number of hydrogen-bond acceptors (Lipinski definition) is 4. The number of benzene rings is 2. The van der Waals surface area contributed by atoms with Crippen molar-refractivity contribution in [3.8, 4) is 11.5 Å². The van der Waals surface area contributed by atoms with Crippen molar-refractivity contribution >= 4 is 11.4 Å². The Hall–Kier alpha value is -2.59. The van der Waals surface area contributed by atoms with Crippen molar-refractivity contribution in [3.63, 3.8) is 0 Å². The maximum Gasteiger partial charge on any atom is 0.119 e. The van der Waals surface area contributed by atoms with E-state index in [0.29, 0.717) is 6.10 Å². The van der Waals surface area contributed by atoms with Crippen LogP contribution in [0.25, 0.3) is 5.70 Å². The molecule has 0 bridgehead atoms. The molecule has 0 saturated carbocycles. The molecule has 4 heteroatoms. The lowest BCUT2D eigenvalue weighted by Gasteiger charge is -2.23. The van der Waals surface area contributed by atoms with Gasteiger partial charge in [0.05, 0.1) is 5.70 Å². The highest BCUT2D eigenvalue weighted by Crippen LogP contribution is 2.24. The molecule has 0 amide bonds. The Morgan fingerprint density at radius 3 is 2.32 bits per heavy atom. The van der Waals surface area contributed by atoms with Gasteiger partial charge in [-0.15, -0.1) is 0 Å². The summed E-state index contributed by atoms with van der Waals surface area (Å²) in [6.07, 6.45) is 6.35. The summed E-state index contributed by atoms with van der Waals surface area (Å²) in [5.41, 5.74) is 4.10. The summed E-state index contributed by atoms with van der Waals surface area (Å²) >= 11 is 0. The van der Waals surface area contributed by atoms with Gasteiger partial charge in [-0.05, 0) is 93.4 Å². The van der Waals surface area contributed by atoms with Crippen molar-refractivity contribution in [1.29, 1.82) is 0 Å². The number of nitrogens with zero attached hydrogens (tertiary/aromatic N) is 1. The number of phenolic OH excluding ortho intramolecular Hbond substituents is 1. The van der Waals surface area contributed by atoms with Gasteiger partial charge < -0.3 is 15.2 Å². The molecule has 2 aromatic rings. The first kappa shape index (κ1) is 20.2. The lowest BCUT2D eigenvalue weighted by molar-refractivity contribution is 0.162. The van der Waals surface area contributed by atoms with Crippen LogP contribution in [-0.4, -0.2) is 30.0 Å². The summed E-state index contributed by atoms with van der Waals surface area (Å²) in [7, 11) is 0. The third-order valence-electron chi connectivity index (χ3n) is 4.96. The Bertz CT molecular complexity index is 802. The van der Waals surface area contributed by atoms with Crippen LogP contribution in [0.3, 0.4) is 0 Å². The van der Waals surface area contributed by atoms with Crippen LogP contribution in [0.1, 0.15) is 50.7 Å². The molecule has 1 aliphatic heterocycles. The first-order valence-corrected chi connectivity index (χ1v) is 10.2. The second-order valence-electron chi connectivity index (χ2n) is 7.12. The number of rotatable bonds is 7. The molecular formula is C24H30N2O2. The van der Waals surface area contributed by atoms with Crippen LogP contribution in [-0.2, 0) is 0 Å². The van der Waals surface area contributed by atoms with E-state index in [2.05, 4.69) is 24.4 Å². The molecule has 1 fully saturated rings. The highest BCUT2D eigenvalue weighted by Gasteiger charge is 2.14. The molecule has 148 valence electrons. The van der Waals surface area contributed by atoms with Gasteiger partial charge in [0.1, 0.15) is 17.6 Å². The minimum absolute atomic E-state index is 0.273. The molecule has 4 nitrogen and oxygen atoms in total. The van der Waals surface area contributed by atoms with Crippen LogP contribution in [0, 0.1) is 0 Å². The minimum atomic E-state index is 0.273. The van der Waals surface area contributed by atoms with Crippen molar-refractivity contribution in [1.82, 2.24) is 5.32 Å². The molecule has 0 spiro atoms. The van der Waals surface area contributed by atoms with Crippen LogP contribution in [0.4, 0.5) is 0 Å². The quantitative estimate of drug-likeness (QED) is 0.653. The summed E-state index contributed by atoms with van der Waals surface area (Å²) in [4.78, 5) is 4.95. The molecule has 1 heterocycles. The van der Waals surface area contributed by atoms with Gasteiger partial charge in [0, 0.05) is 11.3 Å². The normalized spacial score (nSPS) is 16.2. The van der Waals surface area contributed by atoms with Crippen LogP contribution >= 0.6 is 0 Å². The molecule has 2 N–H and O–H groups in total. The van der Waals surface area contributed by atoms with E-state index >= 15 is 0 Å². The van der Waals surface area contributed by atoms with E-state index < -0.39 is 0 Å². The number of piperidine rings is 1. The standard InChI is InChI=1S/C24H30N2O2/c1-3-5-24(19-6-10-20(27)11-7-19)26-23(4-2)18-8-12-21(13-9-18)28-22-14-16-25-17-15-22/h4,6-13,22,25,27H,3,5,14-17H2,1-2H3/b23-4-,26-24+. The van der Waals surface area contributed by atoms with Gasteiger partial charge in [0.25, 0.3) is 0 Å². The average molecular weight is 379 g/mol. The van der Waals surface area contributed by atoms with E-state index in [4.69, 9.17) is 9.73 Å². The number of allylic oxidation sites excluding steroid dienone is 1. The SMILES string of the molecule is C/C=C(\N=C(/CCC)c1ccc(O)cc1)c1ccc(OC2CCNCC2)cc1. The number of aliphatic imine (C=N–C) groups is 1. The Labute approximate surface area is 168 Å². The number of hydrogen-bond donors (Lipinski definition) is 2. The maximum atomic E-state index is 9.55. The van der Waals surface area contributed by atoms with E-state index in [1.807, 2.05) is 37.3 Å². The number of ether oxygens (including phenoxy) is 1. The topological polar surface area (TPSA) is 53.9 Å². The average Bonchev–Trinajstić information content (AvgIpc) is 2.73. The summed E-state index contributed by atoms with van der Waals surface area (Å²) in [5, 5.41) is 12.9. The second kappa shape index (κ2) is 10.1. The zero-order valence-electron chi connectivity index (χ0n) is 16.8. The van der Waals surface area contributed by atoms with Crippen LogP contribution in [0.15, 0.2) is 59.6 Å². The van der Waals surface area contributed by atoms with Gasteiger partial charge in [-0.2, -0.15) is 0 Å². The summed E-state index contributed by atoms with van der Waals surface area (Å²) in [5.74, 6) is 1.19. The van der Waals surface area contributed by atoms with E-state index in [1.54, 1.807) is 12.1 Å². The lowest BCUT2D eigenvalue weighted by atomic mass is 10.0. The molecule has 0 aromatic heterocycles. The van der Waals surface area contributed by atoms with Gasteiger partial charge in [-0.3, -0.25) is 4.99 Å². The molecule has 1 aliphatic rings. The smallest absolute Gasteiger partial charge is 0.119 e. The van der Waals surface area contributed by atoms with E-state index in [-0.39, 0.29) is 5.75 Å². The first-order valence-electron chi connectivity index (χ1n) is 10.2. The predicted molar refractivity (Wildman–Crippen MR) is 116 cm³/mol. The lowest BCUT2D eigenvalue weighted by Crippen LogP contribution is -2.34. The maximum absolute atomic E-state index is 9.55. The molecule has 0 unspecified atom stereocenters. The van der Waals surface area contributed by atoms with Crippen LogP contribution in [0.5, 0.6) is 11.5 Å². The van der Waals surface area contributed by atoms with E-state index in [9.17, 15) is 5.11 Å². The fourth-order valence-electron chi connectivity index (χ4n) is 3.41. The van der Waals surface area contributed by atoms with Crippen molar-refractivity contribution in [3.05, 3.63) is 65.7 Å². The second-order valence-corrected chi connectivity index (χ2v) is 7.12. The van der Waals surface area contributed by atoms with Crippen molar-refractivity contribution in [2.24, 2.45) is 4.99 Å². The Morgan fingerprint density at radius 2 is 1.71 bits per heavy atom. The highest BCUT2D eigenvalue weighted by molar-refractivity contribution is 6.03. The summed E-state index contributed by atoms with van der Waals surface area (Å²) < 4.78 is 6.10. The zero-order valence-corrected chi connectivity index (χ0v) is 16.8. The number of aromatic hydroxyl groups is 1. The Balaban J connectivity index is 1.77. The van der Waals surface area contributed by atoms with Crippen LogP contribution < -0.4 is 10.1 Å². The highest BCUT2D eigenvalue weighted by atomic mass is 16.5. The fraction of sp³-hybridized carbons (Fsp3) is 0.375. The summed E-state index contributed by atoms with van der Waals surface area (Å²) in [6, 6.07) is 15.5. The Morgan fingerprint density at radius 1 is 1.07 bits per heavy atom. The van der Waals surface area contributed by atoms with Gasteiger partial charge in [0.15, 0.2) is 0 Å². The third-order valence-corrected chi connectivity index (χ3v) is 4.96. The molecule has 0 aliphatic carbocycles. The molecule has 0 radical (unpaired) electrons. The first-order chi connectivity index (χ1) is 13.7. The Kier molecular flexibility index (Phi) is 7.26. The third kappa shape index (κ3) is 5.46. The number of nitrogens with one attached hydrogen (secondary N) is 1. The molecule has 2 aromatic carbocycles. The van der Waals surface area contributed by atoms with Gasteiger partial charge in [-0.1, -0.05) is 19.4 Å². The van der Waals surface area contributed by atoms with Crippen LogP contribution in [0.2, 0.25) is 0 Å². The van der Waals surface area contributed by atoms with Crippen molar-refractivity contribution in [2.45, 2.75) is 45.6 Å². The minimum Gasteiger partial charge on any atom is -0.508 e. The van der Waals surface area contributed by atoms with Gasteiger partial charge in [-0.25, -0.2) is 0 Å². The number of phenols is 1. The fourth-order valence-corrected chi connectivity index (χ4v) is 3.41. The zero-order chi connectivity index (χ0) is 19.8.